The number of ether oxygens (including phenoxy) is 1. The van der Waals surface area contributed by atoms with Gasteiger partial charge < -0.3 is 14.2 Å². The summed E-state index contributed by atoms with van der Waals surface area (Å²) < 4.78 is 33.9. The molecule has 0 bridgehead atoms. The standard InChI is InChI=1S/C22H29N3O5S/c1-29-19-9-7-15(8-10-19)17-11-18(21-23-20(24-30-21)14-31(2,27)28)13-25(12-17)22(26)16-5-3-4-6-16/h7-10,16-18H,3-6,11-14H2,1-2H3. The van der Waals surface area contributed by atoms with Gasteiger partial charge in [-0.3, -0.25) is 4.79 Å². The maximum atomic E-state index is 13.2. The first-order valence-electron chi connectivity index (χ1n) is 10.8. The molecule has 2 heterocycles. The van der Waals surface area contributed by atoms with Crippen molar-refractivity contribution in [2.24, 2.45) is 5.92 Å². The third kappa shape index (κ3) is 5.26. The normalized spacial score (nSPS) is 22.6. The lowest BCUT2D eigenvalue weighted by Gasteiger charge is -2.38. The molecule has 168 valence electrons. The number of hydrogen-bond donors (Lipinski definition) is 0. The van der Waals surface area contributed by atoms with E-state index >= 15 is 0 Å². The maximum Gasteiger partial charge on any atom is 0.231 e. The van der Waals surface area contributed by atoms with Gasteiger partial charge in [0.1, 0.15) is 11.5 Å². The number of benzene rings is 1. The molecule has 0 radical (unpaired) electrons. The van der Waals surface area contributed by atoms with E-state index in [1.807, 2.05) is 29.2 Å². The van der Waals surface area contributed by atoms with Crippen molar-refractivity contribution in [3.05, 3.63) is 41.5 Å². The van der Waals surface area contributed by atoms with Crippen molar-refractivity contribution in [3.8, 4) is 5.75 Å². The molecule has 1 saturated heterocycles. The molecule has 1 aromatic carbocycles. The third-order valence-corrected chi connectivity index (χ3v) is 7.06. The quantitative estimate of drug-likeness (QED) is 0.671. The van der Waals surface area contributed by atoms with Gasteiger partial charge in [0.25, 0.3) is 0 Å². The van der Waals surface area contributed by atoms with Crippen molar-refractivity contribution in [2.75, 3.05) is 26.5 Å². The molecule has 1 aromatic heterocycles. The smallest absolute Gasteiger partial charge is 0.231 e. The van der Waals surface area contributed by atoms with Gasteiger partial charge in [-0.25, -0.2) is 8.42 Å². The predicted octanol–water partition coefficient (Wildman–Crippen LogP) is 2.91. The highest BCUT2D eigenvalue weighted by Gasteiger charge is 2.37. The van der Waals surface area contributed by atoms with E-state index < -0.39 is 9.84 Å². The van der Waals surface area contributed by atoms with Crippen LogP contribution in [0, 0.1) is 5.92 Å². The number of hydrogen-bond acceptors (Lipinski definition) is 7. The Hall–Kier alpha value is -2.42. The van der Waals surface area contributed by atoms with Crippen LogP contribution in [0.3, 0.4) is 0 Å². The van der Waals surface area contributed by atoms with Gasteiger partial charge in [-0.2, -0.15) is 4.98 Å². The van der Waals surface area contributed by atoms with Crippen LogP contribution in [0.1, 0.15) is 61.2 Å². The first-order valence-corrected chi connectivity index (χ1v) is 12.8. The lowest BCUT2D eigenvalue weighted by atomic mass is 9.83. The molecule has 31 heavy (non-hydrogen) atoms. The molecule has 1 aliphatic carbocycles. The van der Waals surface area contributed by atoms with Crippen LogP contribution in [0.5, 0.6) is 5.75 Å². The number of carbonyl (C=O) groups is 1. The average Bonchev–Trinajstić information content (AvgIpc) is 3.44. The van der Waals surface area contributed by atoms with Crippen LogP contribution in [-0.2, 0) is 20.4 Å². The second kappa shape index (κ2) is 8.98. The summed E-state index contributed by atoms with van der Waals surface area (Å²) in [5, 5.41) is 3.86. The van der Waals surface area contributed by atoms with Gasteiger partial charge in [0.05, 0.1) is 13.0 Å². The summed E-state index contributed by atoms with van der Waals surface area (Å²) in [5.74, 6) is 1.40. The molecule has 2 atom stereocenters. The van der Waals surface area contributed by atoms with Crippen LogP contribution in [0.2, 0.25) is 0 Å². The minimum Gasteiger partial charge on any atom is -0.497 e. The molecule has 4 rings (SSSR count). The summed E-state index contributed by atoms with van der Waals surface area (Å²) in [7, 11) is -1.62. The highest BCUT2D eigenvalue weighted by molar-refractivity contribution is 7.89. The molecule has 2 aliphatic rings. The zero-order valence-electron chi connectivity index (χ0n) is 18.0. The monoisotopic (exact) mass is 447 g/mol. The Balaban J connectivity index is 1.58. The van der Waals surface area contributed by atoms with Crippen LogP contribution in [0.15, 0.2) is 28.8 Å². The Bertz CT molecular complexity index is 1010. The molecular weight excluding hydrogens is 418 g/mol. The third-order valence-electron chi connectivity index (χ3n) is 6.28. The van der Waals surface area contributed by atoms with E-state index in [-0.39, 0.29) is 35.2 Å². The minimum absolute atomic E-state index is 0.0961. The lowest BCUT2D eigenvalue weighted by molar-refractivity contribution is -0.137. The lowest BCUT2D eigenvalue weighted by Crippen LogP contribution is -2.44. The van der Waals surface area contributed by atoms with Gasteiger partial charge in [0.2, 0.25) is 11.8 Å². The predicted molar refractivity (Wildman–Crippen MR) is 114 cm³/mol. The minimum atomic E-state index is -3.25. The fourth-order valence-electron chi connectivity index (χ4n) is 4.73. The van der Waals surface area contributed by atoms with Crippen LogP contribution in [-0.4, -0.2) is 55.8 Å². The number of aromatic nitrogens is 2. The molecule has 0 N–H and O–H groups in total. The van der Waals surface area contributed by atoms with Crippen LogP contribution in [0.25, 0.3) is 0 Å². The Morgan fingerprint density at radius 3 is 2.48 bits per heavy atom. The summed E-state index contributed by atoms with van der Waals surface area (Å²) >= 11 is 0. The van der Waals surface area contributed by atoms with E-state index in [9.17, 15) is 13.2 Å². The molecule has 1 saturated carbocycles. The van der Waals surface area contributed by atoms with E-state index in [2.05, 4.69) is 10.1 Å². The molecule has 2 fully saturated rings. The second-order valence-corrected chi connectivity index (χ2v) is 10.9. The van der Waals surface area contributed by atoms with E-state index in [0.29, 0.717) is 19.0 Å². The Morgan fingerprint density at radius 1 is 1.16 bits per heavy atom. The van der Waals surface area contributed by atoms with Gasteiger partial charge in [0, 0.05) is 31.2 Å². The van der Waals surface area contributed by atoms with Gasteiger partial charge >= 0.3 is 0 Å². The summed E-state index contributed by atoms with van der Waals surface area (Å²) in [5.41, 5.74) is 1.13. The highest BCUT2D eigenvalue weighted by atomic mass is 32.2. The largest absolute Gasteiger partial charge is 0.497 e. The van der Waals surface area contributed by atoms with Crippen LogP contribution < -0.4 is 4.74 Å². The van der Waals surface area contributed by atoms with Crippen molar-refractivity contribution in [3.63, 3.8) is 0 Å². The molecular formula is C22H29N3O5S. The van der Waals surface area contributed by atoms with Crippen molar-refractivity contribution < 1.29 is 22.5 Å². The van der Waals surface area contributed by atoms with E-state index in [4.69, 9.17) is 9.26 Å². The van der Waals surface area contributed by atoms with Crippen molar-refractivity contribution in [1.29, 1.82) is 0 Å². The number of carbonyl (C=O) groups excluding carboxylic acids is 1. The number of rotatable bonds is 6. The van der Waals surface area contributed by atoms with E-state index in [0.717, 1.165) is 49.7 Å². The first kappa shape index (κ1) is 21.8. The Labute approximate surface area is 182 Å². The SMILES string of the molecule is COc1ccc(C2CC(c3nc(CS(C)(=O)=O)no3)CN(C(=O)C3CCCC3)C2)cc1. The Kier molecular flexibility index (Phi) is 6.31. The van der Waals surface area contributed by atoms with Crippen molar-refractivity contribution in [2.45, 2.75) is 49.7 Å². The molecule has 2 unspecified atom stereocenters. The first-order chi connectivity index (χ1) is 14.8. The van der Waals surface area contributed by atoms with Crippen molar-refractivity contribution in [1.82, 2.24) is 15.0 Å². The number of amides is 1. The second-order valence-electron chi connectivity index (χ2n) is 8.75. The molecule has 9 heteroatoms. The summed E-state index contributed by atoms with van der Waals surface area (Å²) in [6.45, 7) is 1.17. The van der Waals surface area contributed by atoms with Gasteiger partial charge in [-0.05, 0) is 37.0 Å². The van der Waals surface area contributed by atoms with Crippen LogP contribution in [0.4, 0.5) is 0 Å². The topological polar surface area (TPSA) is 103 Å². The van der Waals surface area contributed by atoms with E-state index in [1.54, 1.807) is 7.11 Å². The number of methoxy groups -OCH3 is 1. The summed E-state index contributed by atoms with van der Waals surface area (Å²) in [4.78, 5) is 19.5. The molecule has 1 aliphatic heterocycles. The maximum absolute atomic E-state index is 13.2. The molecule has 8 nitrogen and oxygen atoms in total. The molecule has 2 aromatic rings. The van der Waals surface area contributed by atoms with Crippen LogP contribution >= 0.6 is 0 Å². The number of likely N-dealkylation sites (tertiary alicyclic amines) is 1. The fourth-order valence-corrected chi connectivity index (χ4v) is 5.32. The summed E-state index contributed by atoms with van der Waals surface area (Å²) in [6.07, 6.45) is 6.01. The molecule has 0 spiro atoms. The van der Waals surface area contributed by atoms with Gasteiger partial charge in [0.15, 0.2) is 15.7 Å². The zero-order chi connectivity index (χ0) is 22.0. The number of piperidine rings is 1. The molecule has 1 amide bonds. The van der Waals surface area contributed by atoms with Gasteiger partial charge in [-0.1, -0.05) is 30.1 Å². The summed E-state index contributed by atoms with van der Waals surface area (Å²) in [6, 6.07) is 7.93. The van der Waals surface area contributed by atoms with Crippen molar-refractivity contribution >= 4 is 15.7 Å². The average molecular weight is 448 g/mol. The fraction of sp³-hybridized carbons (Fsp3) is 0.591. The van der Waals surface area contributed by atoms with E-state index in [1.165, 1.54) is 0 Å². The number of sulfone groups is 1. The Morgan fingerprint density at radius 2 is 1.84 bits per heavy atom. The van der Waals surface area contributed by atoms with Gasteiger partial charge in [-0.15, -0.1) is 0 Å². The highest BCUT2D eigenvalue weighted by Crippen LogP contribution is 2.37. The zero-order valence-corrected chi connectivity index (χ0v) is 18.8. The number of nitrogens with zero attached hydrogens (tertiary/aromatic N) is 3.